The largest absolute Gasteiger partial charge is 0.496 e. The maximum Gasteiger partial charge on any atom is 0.387 e. The van der Waals surface area contributed by atoms with Crippen molar-refractivity contribution in [3.8, 4) is 28.5 Å². The quantitative estimate of drug-likeness (QED) is 0.504. The molecule has 1 amide bonds. The van der Waals surface area contributed by atoms with E-state index >= 15 is 0 Å². The monoisotopic (exact) mass is 513 g/mol. The lowest BCUT2D eigenvalue weighted by atomic mass is 10.0. The number of carbonyl (C=O) groups is 1. The standard InChI is InChI=1S/C21H19BrF3N3O4/c1-28-19(17-13(27-28)6-10(22)7-15(17)31-3)9-4-14(30-2)18(16(5-9)32-21(24)25)20(29)26-12-8-11(12)23/h4-7,11-12,21H,8H2,1-3H3,(H,26,29)/t11-,12+/m0/s1. The van der Waals surface area contributed by atoms with Crippen LogP contribution in [-0.4, -0.2) is 48.7 Å². The third-order valence-corrected chi connectivity index (χ3v) is 5.57. The summed E-state index contributed by atoms with van der Waals surface area (Å²) in [5, 5.41) is 7.58. The van der Waals surface area contributed by atoms with Crippen molar-refractivity contribution in [1.82, 2.24) is 15.1 Å². The van der Waals surface area contributed by atoms with E-state index in [1.54, 1.807) is 23.9 Å². The Kier molecular flexibility index (Phi) is 5.93. The fourth-order valence-corrected chi connectivity index (χ4v) is 4.03. The maximum atomic E-state index is 13.3. The Hall–Kier alpha value is -2.95. The SMILES string of the molecule is COc1cc(-c2c3c(OC)cc(Br)cc3nn2C)cc(OC(F)F)c1C(=O)N[C@@H]1C[C@@H]1F. The highest BCUT2D eigenvalue weighted by molar-refractivity contribution is 9.10. The summed E-state index contributed by atoms with van der Waals surface area (Å²) in [5.74, 6) is -0.645. The van der Waals surface area contributed by atoms with Gasteiger partial charge in [0, 0.05) is 23.5 Å². The van der Waals surface area contributed by atoms with Crippen LogP contribution in [0, 0.1) is 0 Å². The number of hydrogen-bond donors (Lipinski definition) is 1. The second kappa shape index (κ2) is 8.53. The van der Waals surface area contributed by atoms with E-state index < -0.39 is 30.5 Å². The topological polar surface area (TPSA) is 74.6 Å². The molecule has 32 heavy (non-hydrogen) atoms. The highest BCUT2D eigenvalue weighted by atomic mass is 79.9. The van der Waals surface area contributed by atoms with E-state index in [0.717, 1.165) is 4.47 Å². The number of nitrogens with one attached hydrogen (secondary N) is 1. The van der Waals surface area contributed by atoms with Gasteiger partial charge < -0.3 is 19.5 Å². The number of halogens is 4. The minimum Gasteiger partial charge on any atom is -0.496 e. The fraction of sp³-hybridized carbons (Fsp3) is 0.333. The molecular formula is C21H19BrF3N3O4. The number of hydrogen-bond acceptors (Lipinski definition) is 5. The van der Waals surface area contributed by atoms with Crippen LogP contribution in [0.1, 0.15) is 16.8 Å². The lowest BCUT2D eigenvalue weighted by Crippen LogP contribution is -2.28. The zero-order valence-electron chi connectivity index (χ0n) is 17.3. The molecule has 2 atom stereocenters. The predicted molar refractivity (Wildman–Crippen MR) is 114 cm³/mol. The van der Waals surface area contributed by atoms with E-state index in [0.29, 0.717) is 27.9 Å². The molecule has 0 aliphatic heterocycles. The summed E-state index contributed by atoms with van der Waals surface area (Å²) >= 11 is 3.41. The summed E-state index contributed by atoms with van der Waals surface area (Å²) in [4.78, 5) is 12.7. The van der Waals surface area contributed by atoms with Crippen LogP contribution in [0.25, 0.3) is 22.2 Å². The normalized spacial score (nSPS) is 17.5. The zero-order valence-corrected chi connectivity index (χ0v) is 18.9. The molecule has 1 aliphatic carbocycles. The average Bonchev–Trinajstić information content (AvgIpc) is 3.30. The number of fused-ring (bicyclic) bond motifs is 1. The van der Waals surface area contributed by atoms with Gasteiger partial charge >= 0.3 is 6.61 Å². The van der Waals surface area contributed by atoms with Crippen LogP contribution in [-0.2, 0) is 7.05 Å². The number of amides is 1. The Morgan fingerprint density at radius 1 is 1.19 bits per heavy atom. The first-order valence-corrected chi connectivity index (χ1v) is 10.3. The van der Waals surface area contributed by atoms with Gasteiger partial charge in [-0.25, -0.2) is 4.39 Å². The lowest BCUT2D eigenvalue weighted by molar-refractivity contribution is -0.0502. The molecule has 11 heteroatoms. The number of rotatable bonds is 7. The van der Waals surface area contributed by atoms with Gasteiger partial charge in [0.25, 0.3) is 5.91 Å². The first-order valence-electron chi connectivity index (χ1n) is 9.55. The van der Waals surface area contributed by atoms with Crippen molar-refractivity contribution in [2.45, 2.75) is 25.2 Å². The highest BCUT2D eigenvalue weighted by Gasteiger charge is 2.40. The third-order valence-electron chi connectivity index (χ3n) is 5.12. The molecule has 1 saturated carbocycles. The van der Waals surface area contributed by atoms with E-state index in [-0.39, 0.29) is 17.7 Å². The molecule has 0 saturated heterocycles. The van der Waals surface area contributed by atoms with Gasteiger partial charge in [-0.1, -0.05) is 15.9 Å². The lowest BCUT2D eigenvalue weighted by Gasteiger charge is -2.17. The van der Waals surface area contributed by atoms with Crippen LogP contribution in [0.15, 0.2) is 28.7 Å². The van der Waals surface area contributed by atoms with E-state index in [1.807, 2.05) is 0 Å². The molecular weight excluding hydrogens is 495 g/mol. The number of ether oxygens (including phenoxy) is 3. The van der Waals surface area contributed by atoms with Gasteiger partial charge in [-0.15, -0.1) is 0 Å². The first-order chi connectivity index (χ1) is 15.2. The summed E-state index contributed by atoms with van der Waals surface area (Å²) in [7, 11) is 4.50. The molecule has 0 unspecified atom stereocenters. The first kappa shape index (κ1) is 22.3. The predicted octanol–water partition coefficient (Wildman–Crippen LogP) is 4.46. The van der Waals surface area contributed by atoms with Gasteiger partial charge in [-0.2, -0.15) is 13.9 Å². The molecule has 0 radical (unpaired) electrons. The number of aryl methyl sites for hydroxylation is 1. The Labute approximate surface area is 189 Å². The van der Waals surface area contributed by atoms with Crippen LogP contribution in [0.2, 0.25) is 0 Å². The third kappa shape index (κ3) is 4.08. The average molecular weight is 514 g/mol. The van der Waals surface area contributed by atoms with Gasteiger partial charge in [-0.05, 0) is 24.3 Å². The van der Waals surface area contributed by atoms with E-state index in [2.05, 4.69) is 31.1 Å². The number of methoxy groups -OCH3 is 2. The van der Waals surface area contributed by atoms with E-state index in [1.165, 1.54) is 26.4 Å². The number of alkyl halides is 3. The van der Waals surface area contributed by atoms with Crippen LogP contribution in [0.3, 0.4) is 0 Å². The summed E-state index contributed by atoms with van der Waals surface area (Å²) in [6.45, 7) is -3.19. The molecule has 0 bridgehead atoms. The Morgan fingerprint density at radius 2 is 1.84 bits per heavy atom. The molecule has 2 aromatic carbocycles. The van der Waals surface area contributed by atoms with Gasteiger partial charge in [0.2, 0.25) is 0 Å². The molecule has 4 rings (SSSR count). The number of nitrogens with zero attached hydrogens (tertiary/aromatic N) is 2. The fourth-order valence-electron chi connectivity index (χ4n) is 3.60. The number of aromatic nitrogens is 2. The molecule has 1 fully saturated rings. The van der Waals surface area contributed by atoms with Gasteiger partial charge in [0.15, 0.2) is 0 Å². The zero-order chi connectivity index (χ0) is 23.2. The molecule has 1 N–H and O–H groups in total. The highest BCUT2D eigenvalue weighted by Crippen LogP contribution is 2.42. The van der Waals surface area contributed by atoms with Crippen molar-refractivity contribution >= 4 is 32.7 Å². The summed E-state index contributed by atoms with van der Waals surface area (Å²) in [6, 6.07) is 5.72. The Morgan fingerprint density at radius 3 is 2.44 bits per heavy atom. The molecule has 1 aromatic heterocycles. The van der Waals surface area contributed by atoms with Crippen molar-refractivity contribution in [1.29, 1.82) is 0 Å². The smallest absolute Gasteiger partial charge is 0.387 e. The maximum absolute atomic E-state index is 13.3. The molecule has 3 aromatic rings. The van der Waals surface area contributed by atoms with Crippen LogP contribution < -0.4 is 19.5 Å². The van der Waals surface area contributed by atoms with E-state index in [9.17, 15) is 18.0 Å². The summed E-state index contributed by atoms with van der Waals surface area (Å²) in [5.41, 5.74) is 1.32. The molecule has 0 spiro atoms. The second-order valence-electron chi connectivity index (χ2n) is 7.24. The molecule has 1 heterocycles. The Balaban J connectivity index is 1.91. The molecule has 170 valence electrons. The van der Waals surface area contributed by atoms with Gasteiger partial charge in [-0.3, -0.25) is 9.48 Å². The van der Waals surface area contributed by atoms with Gasteiger partial charge in [0.05, 0.1) is 36.9 Å². The van der Waals surface area contributed by atoms with Crippen molar-refractivity contribution in [3.63, 3.8) is 0 Å². The van der Waals surface area contributed by atoms with Crippen molar-refractivity contribution in [2.24, 2.45) is 7.05 Å². The summed E-state index contributed by atoms with van der Waals surface area (Å²) < 4.78 is 57.5. The minimum atomic E-state index is -3.19. The van der Waals surface area contributed by atoms with Crippen molar-refractivity contribution < 1.29 is 32.2 Å². The molecule has 7 nitrogen and oxygen atoms in total. The van der Waals surface area contributed by atoms with E-state index in [4.69, 9.17) is 9.47 Å². The molecule has 1 aliphatic rings. The minimum absolute atomic E-state index is 0.00265. The van der Waals surface area contributed by atoms with Crippen molar-refractivity contribution in [3.05, 3.63) is 34.3 Å². The van der Waals surface area contributed by atoms with Gasteiger partial charge in [0.1, 0.15) is 29.0 Å². The van der Waals surface area contributed by atoms with Crippen molar-refractivity contribution in [2.75, 3.05) is 14.2 Å². The Bertz CT molecular complexity index is 1200. The summed E-state index contributed by atoms with van der Waals surface area (Å²) in [6.07, 6.45) is -0.982. The second-order valence-corrected chi connectivity index (χ2v) is 8.15. The van der Waals surface area contributed by atoms with Crippen LogP contribution >= 0.6 is 15.9 Å². The van der Waals surface area contributed by atoms with Crippen LogP contribution in [0.5, 0.6) is 17.2 Å². The number of carbonyl (C=O) groups excluding carboxylic acids is 1. The van der Waals surface area contributed by atoms with Crippen LogP contribution in [0.4, 0.5) is 13.2 Å². The number of benzene rings is 2.